The predicted molar refractivity (Wildman–Crippen MR) is 68.3 cm³/mol. The van der Waals surface area contributed by atoms with Crippen LogP contribution in [0, 0.1) is 0 Å². The van der Waals surface area contributed by atoms with Crippen LogP contribution in [0.15, 0.2) is 0 Å². The number of nitrogens with two attached hydrogens (primary N) is 1. The van der Waals surface area contributed by atoms with Gasteiger partial charge in [0.15, 0.2) is 5.69 Å². The second kappa shape index (κ2) is 5.25. The molecule has 0 bridgehead atoms. The largest absolute Gasteiger partial charge is 0.434 e. The minimum absolute atomic E-state index is 0.0830. The summed E-state index contributed by atoms with van der Waals surface area (Å²) in [6.07, 6.45) is -2.59. The molecule has 2 atom stereocenters. The summed E-state index contributed by atoms with van der Waals surface area (Å²) in [5.41, 5.74) is 4.54. The fourth-order valence-electron chi connectivity index (χ4n) is 2.83. The van der Waals surface area contributed by atoms with Crippen LogP contribution in [0.4, 0.5) is 13.2 Å². The summed E-state index contributed by atoms with van der Waals surface area (Å²) in [7, 11) is 0. The van der Waals surface area contributed by atoms with Crippen molar-refractivity contribution in [3.63, 3.8) is 0 Å². The van der Waals surface area contributed by atoms with Crippen LogP contribution in [-0.2, 0) is 17.5 Å². The molecule has 0 amide bonds. The standard InChI is InChI=1S/C12H16F3N3OS/c13-12(14,15)10-9(4-16)20-11(17-10)8-5-18-3-1-2-7(18)6-19-8/h7-8H,1-6,16H2. The summed E-state index contributed by atoms with van der Waals surface area (Å²) in [4.78, 5) is 6.12. The maximum atomic E-state index is 12.9. The van der Waals surface area contributed by atoms with Gasteiger partial charge in [-0.25, -0.2) is 4.98 Å². The Balaban J connectivity index is 1.82. The van der Waals surface area contributed by atoms with E-state index < -0.39 is 11.9 Å². The first-order valence-corrected chi connectivity index (χ1v) is 7.43. The number of halogens is 3. The first-order valence-electron chi connectivity index (χ1n) is 6.61. The fourth-order valence-corrected chi connectivity index (χ4v) is 3.84. The Hall–Kier alpha value is -0.700. The van der Waals surface area contributed by atoms with Crippen LogP contribution in [0.1, 0.15) is 34.5 Å². The molecule has 2 N–H and O–H groups in total. The highest BCUT2D eigenvalue weighted by Gasteiger charge is 2.40. The number of rotatable bonds is 2. The van der Waals surface area contributed by atoms with Crippen molar-refractivity contribution < 1.29 is 17.9 Å². The molecule has 1 aromatic heterocycles. The molecule has 0 saturated carbocycles. The summed E-state index contributed by atoms with van der Waals surface area (Å²) in [6, 6.07) is 0.419. The Morgan fingerprint density at radius 3 is 2.90 bits per heavy atom. The van der Waals surface area contributed by atoms with E-state index in [1.165, 1.54) is 0 Å². The molecule has 2 aliphatic heterocycles. The molecule has 1 aromatic rings. The Bertz CT molecular complexity index is 491. The number of aromatic nitrogens is 1. The Morgan fingerprint density at radius 2 is 2.25 bits per heavy atom. The van der Waals surface area contributed by atoms with Gasteiger partial charge in [0.1, 0.15) is 11.1 Å². The molecule has 0 spiro atoms. The number of nitrogens with zero attached hydrogens (tertiary/aromatic N) is 2. The third-order valence-electron chi connectivity index (χ3n) is 3.83. The van der Waals surface area contributed by atoms with Gasteiger partial charge in [0, 0.05) is 19.1 Å². The van der Waals surface area contributed by atoms with E-state index in [0.29, 0.717) is 24.2 Å². The second-order valence-corrected chi connectivity index (χ2v) is 6.25. The van der Waals surface area contributed by atoms with Crippen LogP contribution >= 0.6 is 11.3 Å². The summed E-state index contributed by atoms with van der Waals surface area (Å²) in [5.74, 6) is 0. The third kappa shape index (κ3) is 2.57. The second-order valence-electron chi connectivity index (χ2n) is 5.14. The lowest BCUT2D eigenvalue weighted by atomic mass is 10.2. The highest BCUT2D eigenvalue weighted by atomic mass is 32.1. The van der Waals surface area contributed by atoms with Gasteiger partial charge >= 0.3 is 6.18 Å². The molecule has 3 rings (SSSR count). The molecule has 8 heteroatoms. The number of alkyl halides is 3. The van der Waals surface area contributed by atoms with Crippen LogP contribution < -0.4 is 5.73 Å². The van der Waals surface area contributed by atoms with Crippen molar-refractivity contribution in [1.29, 1.82) is 0 Å². The molecule has 2 fully saturated rings. The minimum Gasteiger partial charge on any atom is -0.368 e. The van der Waals surface area contributed by atoms with Gasteiger partial charge in [-0.2, -0.15) is 13.2 Å². The molecule has 0 radical (unpaired) electrons. The van der Waals surface area contributed by atoms with E-state index in [0.717, 1.165) is 30.7 Å². The highest BCUT2D eigenvalue weighted by Crippen LogP contribution is 2.38. The quantitative estimate of drug-likeness (QED) is 0.909. The SMILES string of the molecule is NCc1sc(C2CN3CCCC3CO2)nc1C(F)(F)F. The summed E-state index contributed by atoms with van der Waals surface area (Å²) in [6.45, 7) is 2.04. The topological polar surface area (TPSA) is 51.4 Å². The molecule has 4 nitrogen and oxygen atoms in total. The van der Waals surface area contributed by atoms with E-state index in [4.69, 9.17) is 10.5 Å². The number of ether oxygens (including phenoxy) is 1. The average molecular weight is 307 g/mol. The first-order chi connectivity index (χ1) is 9.49. The number of hydrogen-bond donors (Lipinski definition) is 1. The third-order valence-corrected chi connectivity index (χ3v) is 5.00. The van der Waals surface area contributed by atoms with Gasteiger partial charge in [-0.15, -0.1) is 11.3 Å². The van der Waals surface area contributed by atoms with Crippen molar-refractivity contribution in [3.8, 4) is 0 Å². The molecule has 2 saturated heterocycles. The maximum Gasteiger partial charge on any atom is 0.434 e. The van der Waals surface area contributed by atoms with Crippen LogP contribution in [0.2, 0.25) is 0 Å². The lowest BCUT2D eigenvalue weighted by molar-refractivity contribution is -0.141. The zero-order valence-electron chi connectivity index (χ0n) is 10.8. The Kier molecular flexibility index (Phi) is 3.74. The molecule has 2 unspecified atom stereocenters. The van der Waals surface area contributed by atoms with E-state index in [9.17, 15) is 13.2 Å². The lowest BCUT2D eigenvalue weighted by Crippen LogP contribution is -2.42. The van der Waals surface area contributed by atoms with Gasteiger partial charge in [0.05, 0.1) is 11.5 Å². The summed E-state index contributed by atoms with van der Waals surface area (Å²) < 4.78 is 44.3. The summed E-state index contributed by atoms with van der Waals surface area (Å²) in [5, 5.41) is 0.392. The number of fused-ring (bicyclic) bond motifs is 1. The van der Waals surface area contributed by atoms with Gasteiger partial charge in [-0.3, -0.25) is 4.90 Å². The Labute approximate surface area is 118 Å². The van der Waals surface area contributed by atoms with Crippen molar-refractivity contribution in [2.24, 2.45) is 5.73 Å². The zero-order chi connectivity index (χ0) is 14.3. The van der Waals surface area contributed by atoms with Gasteiger partial charge in [0.2, 0.25) is 0 Å². The molecule has 20 heavy (non-hydrogen) atoms. The number of morpholine rings is 1. The maximum absolute atomic E-state index is 12.9. The van der Waals surface area contributed by atoms with Crippen molar-refractivity contribution in [2.75, 3.05) is 19.7 Å². The van der Waals surface area contributed by atoms with Crippen molar-refractivity contribution in [2.45, 2.75) is 37.7 Å². The first kappa shape index (κ1) is 14.2. The van der Waals surface area contributed by atoms with E-state index in [2.05, 4.69) is 9.88 Å². The fraction of sp³-hybridized carbons (Fsp3) is 0.750. The van der Waals surface area contributed by atoms with E-state index >= 15 is 0 Å². The smallest absolute Gasteiger partial charge is 0.368 e. The summed E-state index contributed by atoms with van der Waals surface area (Å²) >= 11 is 1.02. The van der Waals surface area contributed by atoms with Gasteiger partial charge in [0.25, 0.3) is 0 Å². The van der Waals surface area contributed by atoms with E-state index in [-0.39, 0.29) is 17.5 Å². The lowest BCUT2D eigenvalue weighted by Gasteiger charge is -2.34. The monoisotopic (exact) mass is 307 g/mol. The predicted octanol–water partition coefficient (Wildman–Crippen LogP) is 2.16. The van der Waals surface area contributed by atoms with Gasteiger partial charge < -0.3 is 10.5 Å². The molecular weight excluding hydrogens is 291 g/mol. The average Bonchev–Trinajstić information content (AvgIpc) is 3.03. The number of thiazole rings is 1. The molecule has 2 aliphatic rings. The van der Waals surface area contributed by atoms with Crippen molar-refractivity contribution >= 4 is 11.3 Å². The van der Waals surface area contributed by atoms with Crippen LogP contribution in [0.3, 0.4) is 0 Å². The molecule has 0 aromatic carbocycles. The molecule has 3 heterocycles. The molecule has 112 valence electrons. The minimum atomic E-state index is -4.45. The van der Waals surface area contributed by atoms with E-state index in [1.807, 2.05) is 0 Å². The Morgan fingerprint density at radius 1 is 1.45 bits per heavy atom. The van der Waals surface area contributed by atoms with Crippen LogP contribution in [0.5, 0.6) is 0 Å². The normalized spacial score (nSPS) is 27.8. The highest BCUT2D eigenvalue weighted by molar-refractivity contribution is 7.11. The molecule has 0 aliphatic carbocycles. The van der Waals surface area contributed by atoms with Crippen LogP contribution in [0.25, 0.3) is 0 Å². The van der Waals surface area contributed by atoms with Gasteiger partial charge in [-0.05, 0) is 19.4 Å². The van der Waals surface area contributed by atoms with Crippen molar-refractivity contribution in [1.82, 2.24) is 9.88 Å². The van der Waals surface area contributed by atoms with Crippen molar-refractivity contribution in [3.05, 3.63) is 15.6 Å². The number of hydrogen-bond acceptors (Lipinski definition) is 5. The van der Waals surface area contributed by atoms with Gasteiger partial charge in [-0.1, -0.05) is 0 Å². The zero-order valence-corrected chi connectivity index (χ0v) is 11.6. The van der Waals surface area contributed by atoms with Crippen LogP contribution in [-0.4, -0.2) is 35.6 Å². The van der Waals surface area contributed by atoms with E-state index in [1.54, 1.807) is 0 Å². The molecular formula is C12H16F3N3OS.